The number of thiazole rings is 1. The van der Waals surface area contributed by atoms with Gasteiger partial charge >= 0.3 is 0 Å². The van der Waals surface area contributed by atoms with Gasteiger partial charge in [-0.2, -0.15) is 5.26 Å². The standard InChI is InChI=1S/C12H15N3O2S/c13-9-12(2-6-17-7-3-12)11(16)15-4-1-10-14-5-8-18-10/h5,8H,1-4,6-7H2,(H,15,16). The smallest absolute Gasteiger partial charge is 0.240 e. The molecule has 1 N–H and O–H groups in total. The molecule has 5 nitrogen and oxygen atoms in total. The Morgan fingerprint density at radius 2 is 2.39 bits per heavy atom. The van der Waals surface area contributed by atoms with E-state index in [1.165, 1.54) is 0 Å². The number of nitrogens with one attached hydrogen (secondary N) is 1. The summed E-state index contributed by atoms with van der Waals surface area (Å²) in [4.78, 5) is 16.2. The van der Waals surface area contributed by atoms with E-state index in [9.17, 15) is 10.1 Å². The van der Waals surface area contributed by atoms with Gasteiger partial charge in [0.25, 0.3) is 0 Å². The molecule has 0 saturated carbocycles. The number of amides is 1. The van der Waals surface area contributed by atoms with Gasteiger partial charge in [-0.15, -0.1) is 11.3 Å². The molecule has 2 rings (SSSR count). The van der Waals surface area contributed by atoms with E-state index in [2.05, 4.69) is 16.4 Å². The minimum Gasteiger partial charge on any atom is -0.381 e. The highest BCUT2D eigenvalue weighted by Crippen LogP contribution is 2.29. The predicted octanol–water partition coefficient (Wildman–Crippen LogP) is 1.12. The summed E-state index contributed by atoms with van der Waals surface area (Å²) in [7, 11) is 0. The summed E-state index contributed by atoms with van der Waals surface area (Å²) >= 11 is 1.57. The molecule has 96 valence electrons. The molecule has 1 aromatic rings. The molecule has 0 unspecified atom stereocenters. The van der Waals surface area contributed by atoms with Gasteiger partial charge in [-0.25, -0.2) is 4.98 Å². The second kappa shape index (κ2) is 5.94. The minimum atomic E-state index is -0.902. The van der Waals surface area contributed by atoms with Crippen molar-refractivity contribution in [2.45, 2.75) is 19.3 Å². The normalized spacial score (nSPS) is 17.9. The highest BCUT2D eigenvalue weighted by molar-refractivity contribution is 7.09. The lowest BCUT2D eigenvalue weighted by molar-refractivity contribution is -0.132. The van der Waals surface area contributed by atoms with Gasteiger partial charge in [0.2, 0.25) is 5.91 Å². The van der Waals surface area contributed by atoms with Gasteiger partial charge in [-0.05, 0) is 12.8 Å². The number of aromatic nitrogens is 1. The Balaban J connectivity index is 1.84. The van der Waals surface area contributed by atoms with Crippen LogP contribution in [0.25, 0.3) is 0 Å². The van der Waals surface area contributed by atoms with Crippen molar-refractivity contribution >= 4 is 17.2 Å². The van der Waals surface area contributed by atoms with Crippen LogP contribution in [-0.4, -0.2) is 30.6 Å². The summed E-state index contributed by atoms with van der Waals surface area (Å²) in [5.74, 6) is -0.176. The fourth-order valence-electron chi connectivity index (χ4n) is 1.94. The summed E-state index contributed by atoms with van der Waals surface area (Å²) in [6.07, 6.45) is 3.41. The van der Waals surface area contributed by atoms with Crippen LogP contribution < -0.4 is 5.32 Å². The van der Waals surface area contributed by atoms with Crippen LogP contribution in [-0.2, 0) is 16.0 Å². The molecule has 1 aliphatic heterocycles. The first-order chi connectivity index (χ1) is 8.77. The summed E-state index contributed by atoms with van der Waals surface area (Å²) in [5, 5.41) is 15.0. The van der Waals surface area contributed by atoms with Gasteiger partial charge in [-0.3, -0.25) is 4.79 Å². The van der Waals surface area contributed by atoms with Crippen LogP contribution in [0.1, 0.15) is 17.8 Å². The Labute approximate surface area is 110 Å². The Hall–Kier alpha value is -1.45. The quantitative estimate of drug-likeness (QED) is 0.885. The number of hydrogen-bond donors (Lipinski definition) is 1. The van der Waals surface area contributed by atoms with Crippen LogP contribution in [0.15, 0.2) is 11.6 Å². The molecule has 0 atom stereocenters. The summed E-state index contributed by atoms with van der Waals surface area (Å²) in [5.41, 5.74) is -0.902. The number of rotatable bonds is 4. The first-order valence-corrected chi connectivity index (χ1v) is 6.80. The van der Waals surface area contributed by atoms with E-state index in [0.717, 1.165) is 5.01 Å². The van der Waals surface area contributed by atoms with Crippen molar-refractivity contribution in [2.24, 2.45) is 5.41 Å². The number of nitrogens with zero attached hydrogens (tertiary/aromatic N) is 2. The maximum Gasteiger partial charge on any atom is 0.240 e. The molecule has 0 spiro atoms. The molecule has 6 heteroatoms. The van der Waals surface area contributed by atoms with Crippen molar-refractivity contribution in [3.63, 3.8) is 0 Å². The maximum absolute atomic E-state index is 12.1. The third-order valence-electron chi connectivity index (χ3n) is 3.10. The molecule has 0 aliphatic carbocycles. The molecule has 1 amide bonds. The van der Waals surface area contributed by atoms with Gasteiger partial charge in [0, 0.05) is 37.8 Å². The van der Waals surface area contributed by atoms with Gasteiger partial charge in [-0.1, -0.05) is 0 Å². The number of nitriles is 1. The van der Waals surface area contributed by atoms with Crippen LogP contribution in [0.4, 0.5) is 0 Å². The van der Waals surface area contributed by atoms with Crippen LogP contribution in [0, 0.1) is 16.7 Å². The Kier molecular flexibility index (Phi) is 4.28. The Morgan fingerprint density at radius 3 is 3.00 bits per heavy atom. The summed E-state index contributed by atoms with van der Waals surface area (Å²) in [6.45, 7) is 1.48. The van der Waals surface area contributed by atoms with Crippen LogP contribution in [0.3, 0.4) is 0 Å². The minimum absolute atomic E-state index is 0.176. The van der Waals surface area contributed by atoms with Gasteiger partial charge in [0.1, 0.15) is 5.41 Å². The monoisotopic (exact) mass is 265 g/mol. The molecule has 2 heterocycles. The van der Waals surface area contributed by atoms with Gasteiger partial charge in [0.15, 0.2) is 0 Å². The van der Waals surface area contributed by atoms with E-state index >= 15 is 0 Å². The van der Waals surface area contributed by atoms with Crippen molar-refractivity contribution in [3.8, 4) is 6.07 Å². The van der Waals surface area contributed by atoms with E-state index in [4.69, 9.17) is 4.74 Å². The molecular weight excluding hydrogens is 250 g/mol. The third-order valence-corrected chi connectivity index (χ3v) is 3.94. The molecular formula is C12H15N3O2S. The molecule has 0 bridgehead atoms. The molecule has 1 aliphatic rings. The molecule has 0 aromatic carbocycles. The van der Waals surface area contributed by atoms with Crippen LogP contribution in [0.2, 0.25) is 0 Å². The van der Waals surface area contributed by atoms with E-state index < -0.39 is 5.41 Å². The number of ether oxygens (including phenoxy) is 1. The zero-order chi connectivity index (χ0) is 12.8. The molecule has 0 radical (unpaired) electrons. The van der Waals surface area contributed by atoms with E-state index in [-0.39, 0.29) is 5.91 Å². The lowest BCUT2D eigenvalue weighted by Crippen LogP contribution is -2.44. The largest absolute Gasteiger partial charge is 0.381 e. The fraction of sp³-hybridized carbons (Fsp3) is 0.583. The van der Waals surface area contributed by atoms with Crippen LogP contribution in [0.5, 0.6) is 0 Å². The Bertz CT molecular complexity index is 433. The SMILES string of the molecule is N#CC1(C(=O)NCCc2nccs2)CCOCC1. The van der Waals surface area contributed by atoms with Crippen molar-refractivity contribution < 1.29 is 9.53 Å². The van der Waals surface area contributed by atoms with E-state index in [1.807, 2.05) is 5.38 Å². The topological polar surface area (TPSA) is 75.0 Å². The van der Waals surface area contributed by atoms with Crippen molar-refractivity contribution in [1.82, 2.24) is 10.3 Å². The van der Waals surface area contributed by atoms with Gasteiger partial charge in [0.05, 0.1) is 11.1 Å². The number of carbonyl (C=O) groups excluding carboxylic acids is 1. The second-order valence-electron chi connectivity index (χ2n) is 4.24. The van der Waals surface area contributed by atoms with Crippen LogP contribution >= 0.6 is 11.3 Å². The van der Waals surface area contributed by atoms with Gasteiger partial charge < -0.3 is 10.1 Å². The maximum atomic E-state index is 12.1. The number of carbonyl (C=O) groups is 1. The zero-order valence-corrected chi connectivity index (χ0v) is 10.8. The fourth-order valence-corrected chi connectivity index (χ4v) is 2.56. The lowest BCUT2D eigenvalue weighted by Gasteiger charge is -2.29. The van der Waals surface area contributed by atoms with Crippen molar-refractivity contribution in [3.05, 3.63) is 16.6 Å². The highest BCUT2D eigenvalue weighted by atomic mass is 32.1. The van der Waals surface area contributed by atoms with Crippen molar-refractivity contribution in [2.75, 3.05) is 19.8 Å². The summed E-state index contributed by atoms with van der Waals surface area (Å²) < 4.78 is 5.20. The average molecular weight is 265 g/mol. The molecule has 1 saturated heterocycles. The molecule has 18 heavy (non-hydrogen) atoms. The predicted molar refractivity (Wildman–Crippen MR) is 66.9 cm³/mol. The highest BCUT2D eigenvalue weighted by Gasteiger charge is 2.40. The Morgan fingerprint density at radius 1 is 1.61 bits per heavy atom. The number of hydrogen-bond acceptors (Lipinski definition) is 5. The first kappa shape index (κ1) is 13.0. The third kappa shape index (κ3) is 2.86. The first-order valence-electron chi connectivity index (χ1n) is 5.92. The zero-order valence-electron chi connectivity index (χ0n) is 10.0. The summed E-state index contributed by atoms with van der Waals surface area (Å²) in [6, 6.07) is 2.16. The molecule has 1 aromatic heterocycles. The average Bonchev–Trinajstić information content (AvgIpc) is 2.92. The second-order valence-corrected chi connectivity index (χ2v) is 5.22. The molecule has 1 fully saturated rings. The lowest BCUT2D eigenvalue weighted by atomic mass is 9.81. The van der Waals surface area contributed by atoms with E-state index in [1.54, 1.807) is 17.5 Å². The van der Waals surface area contributed by atoms with E-state index in [0.29, 0.717) is 39.0 Å². The van der Waals surface area contributed by atoms with Crippen molar-refractivity contribution in [1.29, 1.82) is 5.26 Å².